The average molecular weight is 270 g/mol. The van der Waals surface area contributed by atoms with Crippen LogP contribution in [0, 0.1) is 5.92 Å². The second kappa shape index (κ2) is 6.07. The lowest BCUT2D eigenvalue weighted by atomic mass is 10.0. The van der Waals surface area contributed by atoms with Crippen LogP contribution in [0.1, 0.15) is 12.8 Å². The van der Waals surface area contributed by atoms with E-state index in [4.69, 9.17) is 21.1 Å². The number of carbonyl (C=O) groups excluding carboxylic acids is 1. The van der Waals surface area contributed by atoms with Crippen molar-refractivity contribution in [2.45, 2.75) is 12.8 Å². The van der Waals surface area contributed by atoms with E-state index in [0.717, 1.165) is 19.4 Å². The number of methoxy groups -OCH3 is 1. The molecule has 0 aromatic heterocycles. The molecule has 18 heavy (non-hydrogen) atoms. The number of amides is 1. The van der Waals surface area contributed by atoms with Crippen molar-refractivity contribution >= 4 is 23.2 Å². The summed E-state index contributed by atoms with van der Waals surface area (Å²) in [6.45, 7) is 1.24. The van der Waals surface area contributed by atoms with E-state index < -0.39 is 0 Å². The van der Waals surface area contributed by atoms with Gasteiger partial charge in [0.25, 0.3) is 0 Å². The van der Waals surface area contributed by atoms with Gasteiger partial charge in [-0.25, -0.2) is 0 Å². The first kappa shape index (κ1) is 13.2. The van der Waals surface area contributed by atoms with Gasteiger partial charge in [0, 0.05) is 12.3 Å². The Morgan fingerprint density at radius 3 is 3.00 bits per heavy atom. The van der Waals surface area contributed by atoms with Gasteiger partial charge < -0.3 is 14.8 Å². The van der Waals surface area contributed by atoms with Gasteiger partial charge in [-0.15, -0.1) is 0 Å². The van der Waals surface area contributed by atoms with E-state index in [1.54, 1.807) is 25.3 Å². The van der Waals surface area contributed by atoms with Crippen LogP contribution in [-0.2, 0) is 9.53 Å². The van der Waals surface area contributed by atoms with Crippen LogP contribution in [0.4, 0.5) is 5.69 Å². The first-order valence-electron chi connectivity index (χ1n) is 5.93. The van der Waals surface area contributed by atoms with E-state index in [1.165, 1.54) is 0 Å². The number of nitrogens with one attached hydrogen (secondary N) is 1. The molecule has 2 rings (SSSR count). The van der Waals surface area contributed by atoms with Gasteiger partial charge >= 0.3 is 0 Å². The molecule has 98 valence electrons. The van der Waals surface area contributed by atoms with Crippen molar-refractivity contribution < 1.29 is 14.3 Å². The van der Waals surface area contributed by atoms with Crippen LogP contribution < -0.4 is 10.1 Å². The Morgan fingerprint density at radius 2 is 2.39 bits per heavy atom. The fraction of sp³-hybridized carbons (Fsp3) is 0.462. The van der Waals surface area contributed by atoms with Crippen molar-refractivity contribution in [2.75, 3.05) is 25.6 Å². The van der Waals surface area contributed by atoms with Crippen LogP contribution in [0.25, 0.3) is 0 Å². The van der Waals surface area contributed by atoms with Crippen LogP contribution in [0.2, 0.25) is 5.02 Å². The van der Waals surface area contributed by atoms with Crippen molar-refractivity contribution in [2.24, 2.45) is 5.92 Å². The number of rotatable bonds is 3. The summed E-state index contributed by atoms with van der Waals surface area (Å²) in [7, 11) is 1.55. The minimum Gasteiger partial charge on any atom is -0.495 e. The smallest absolute Gasteiger partial charge is 0.229 e. The Balaban J connectivity index is 2.00. The molecule has 0 radical (unpaired) electrons. The third-order valence-corrected chi connectivity index (χ3v) is 3.25. The van der Waals surface area contributed by atoms with Gasteiger partial charge in [-0.05, 0) is 31.0 Å². The lowest BCUT2D eigenvalue weighted by Gasteiger charge is -2.21. The summed E-state index contributed by atoms with van der Waals surface area (Å²) in [5.74, 6) is 0.506. The molecule has 1 unspecified atom stereocenters. The predicted molar refractivity (Wildman–Crippen MR) is 70.2 cm³/mol. The first-order valence-corrected chi connectivity index (χ1v) is 6.30. The minimum atomic E-state index is -0.0698. The highest BCUT2D eigenvalue weighted by Crippen LogP contribution is 2.27. The van der Waals surface area contributed by atoms with Gasteiger partial charge in [0.1, 0.15) is 5.75 Å². The van der Waals surface area contributed by atoms with Gasteiger partial charge in [-0.2, -0.15) is 0 Å². The number of anilines is 1. The number of halogens is 1. The van der Waals surface area contributed by atoms with Gasteiger partial charge in [0.2, 0.25) is 5.91 Å². The Hall–Kier alpha value is -1.26. The second-order valence-electron chi connectivity index (χ2n) is 4.25. The molecule has 1 fully saturated rings. The highest BCUT2D eigenvalue weighted by molar-refractivity contribution is 6.32. The number of ether oxygens (including phenoxy) is 2. The van der Waals surface area contributed by atoms with Crippen molar-refractivity contribution in [3.63, 3.8) is 0 Å². The van der Waals surface area contributed by atoms with Crippen LogP contribution in [0.15, 0.2) is 18.2 Å². The second-order valence-corrected chi connectivity index (χ2v) is 4.66. The van der Waals surface area contributed by atoms with Crippen LogP contribution >= 0.6 is 11.6 Å². The molecular formula is C13H16ClNO3. The Kier molecular flexibility index (Phi) is 4.44. The molecule has 1 aromatic rings. The quantitative estimate of drug-likeness (QED) is 0.918. The molecule has 4 nitrogen and oxygen atoms in total. The molecule has 0 bridgehead atoms. The van der Waals surface area contributed by atoms with Crippen molar-refractivity contribution in [1.29, 1.82) is 0 Å². The number of hydrogen-bond donors (Lipinski definition) is 1. The third-order valence-electron chi connectivity index (χ3n) is 2.95. The Morgan fingerprint density at radius 1 is 1.56 bits per heavy atom. The standard InChI is InChI=1S/C13H16ClNO3/c1-17-12-5-4-10(7-11(12)14)15-13(16)9-3-2-6-18-8-9/h4-5,7,9H,2-3,6,8H2,1H3,(H,15,16). The molecule has 1 heterocycles. The van der Waals surface area contributed by atoms with Gasteiger partial charge in [0.05, 0.1) is 24.7 Å². The summed E-state index contributed by atoms with van der Waals surface area (Å²) in [5.41, 5.74) is 0.677. The SMILES string of the molecule is COc1ccc(NC(=O)C2CCCOC2)cc1Cl. The zero-order chi connectivity index (χ0) is 13.0. The lowest BCUT2D eigenvalue weighted by Crippen LogP contribution is -2.30. The van der Waals surface area contributed by atoms with E-state index in [0.29, 0.717) is 23.1 Å². The molecule has 1 N–H and O–H groups in total. The number of hydrogen-bond acceptors (Lipinski definition) is 3. The first-order chi connectivity index (χ1) is 8.70. The van der Waals surface area contributed by atoms with Crippen molar-refractivity contribution in [1.82, 2.24) is 0 Å². The summed E-state index contributed by atoms with van der Waals surface area (Å²) >= 11 is 6.00. The van der Waals surface area contributed by atoms with E-state index in [-0.39, 0.29) is 11.8 Å². The fourth-order valence-electron chi connectivity index (χ4n) is 1.94. The van der Waals surface area contributed by atoms with Gasteiger partial charge in [0.15, 0.2) is 0 Å². The molecule has 1 aliphatic heterocycles. The zero-order valence-corrected chi connectivity index (χ0v) is 11.0. The van der Waals surface area contributed by atoms with Gasteiger partial charge in [-0.3, -0.25) is 4.79 Å². The summed E-state index contributed by atoms with van der Waals surface area (Å²) < 4.78 is 10.4. The van der Waals surface area contributed by atoms with Crippen molar-refractivity contribution in [3.05, 3.63) is 23.2 Å². The monoisotopic (exact) mass is 269 g/mol. The van der Waals surface area contributed by atoms with Crippen molar-refractivity contribution in [3.8, 4) is 5.75 Å². The summed E-state index contributed by atoms with van der Waals surface area (Å²) in [6.07, 6.45) is 1.80. The van der Waals surface area contributed by atoms with Gasteiger partial charge in [-0.1, -0.05) is 11.6 Å². The predicted octanol–water partition coefficient (Wildman–Crippen LogP) is 2.71. The number of carbonyl (C=O) groups is 1. The summed E-state index contributed by atoms with van der Waals surface area (Å²) in [5, 5.41) is 3.33. The number of benzene rings is 1. The summed E-state index contributed by atoms with van der Waals surface area (Å²) in [4.78, 5) is 12.0. The molecule has 1 aliphatic rings. The molecule has 1 aromatic carbocycles. The molecule has 1 amide bonds. The Bertz CT molecular complexity index is 430. The van der Waals surface area contributed by atoms with E-state index in [9.17, 15) is 4.79 Å². The molecular weight excluding hydrogens is 254 g/mol. The highest BCUT2D eigenvalue weighted by Gasteiger charge is 2.21. The maximum atomic E-state index is 12.0. The Labute approximate surface area is 111 Å². The van der Waals surface area contributed by atoms with E-state index in [1.807, 2.05) is 0 Å². The third kappa shape index (κ3) is 3.15. The van der Waals surface area contributed by atoms with Crippen LogP contribution in [0.5, 0.6) is 5.75 Å². The molecule has 1 saturated heterocycles. The molecule has 1 atom stereocenters. The van der Waals surface area contributed by atoms with E-state index in [2.05, 4.69) is 5.32 Å². The van der Waals surface area contributed by atoms with E-state index >= 15 is 0 Å². The summed E-state index contributed by atoms with van der Waals surface area (Å²) in [6, 6.07) is 5.18. The largest absolute Gasteiger partial charge is 0.495 e. The maximum Gasteiger partial charge on any atom is 0.229 e. The molecule has 0 saturated carbocycles. The molecule has 0 aliphatic carbocycles. The van der Waals surface area contributed by atoms with Crippen LogP contribution in [0.3, 0.4) is 0 Å². The molecule has 0 spiro atoms. The maximum absolute atomic E-state index is 12.0. The van der Waals surface area contributed by atoms with Crippen LogP contribution in [-0.4, -0.2) is 26.2 Å². The normalized spacial score (nSPS) is 19.3. The lowest BCUT2D eigenvalue weighted by molar-refractivity contribution is -0.123. The minimum absolute atomic E-state index is 0.0177. The topological polar surface area (TPSA) is 47.6 Å². The fourth-order valence-corrected chi connectivity index (χ4v) is 2.19. The highest BCUT2D eigenvalue weighted by atomic mass is 35.5. The molecule has 5 heteroatoms. The average Bonchev–Trinajstić information content (AvgIpc) is 2.40. The zero-order valence-electron chi connectivity index (χ0n) is 10.2.